The number of fused-ring (bicyclic) bond motifs is 2. The number of H-pyrrole nitrogens is 3. The third-order valence-electron chi connectivity index (χ3n) is 21.8. The number of likely N-dealkylation sites (N-methyl/N-ethyl adjacent to an activating group) is 4. The summed E-state index contributed by atoms with van der Waals surface area (Å²) in [5.74, 6) is -13.7. The number of para-hydroxylation sites is 2. The van der Waals surface area contributed by atoms with E-state index < -0.39 is 199 Å². The molecule has 0 unspecified atom stereocenters. The maximum absolute atomic E-state index is 15.5. The molecule has 1 aliphatic heterocycles. The van der Waals surface area contributed by atoms with Crippen molar-refractivity contribution >= 4 is 134 Å². The minimum atomic E-state index is -1.80. The van der Waals surface area contributed by atoms with E-state index in [9.17, 15) is 77.0 Å². The number of nitrogens with two attached hydrogens (primary N) is 2. The molecule has 0 saturated carbocycles. The zero-order chi connectivity index (χ0) is 92.4. The molecule has 12 atom stereocenters. The highest BCUT2D eigenvalue weighted by Crippen LogP contribution is 2.25. The molecule has 39 nitrogen and oxygen atoms in total. The summed E-state index contributed by atoms with van der Waals surface area (Å²) in [6.07, 6.45) is 9.09. The van der Waals surface area contributed by atoms with E-state index in [1.165, 1.54) is 64.4 Å². The Bertz CT molecular complexity index is 4750. The fourth-order valence-electron chi connectivity index (χ4n) is 14.6. The van der Waals surface area contributed by atoms with Crippen LogP contribution in [0.4, 0.5) is 0 Å². The topological polar surface area (TPSA) is 559 Å². The molecule has 17 amide bonds. The number of nitrogens with zero attached hydrogens (tertiary/aromatic N) is 6. The summed E-state index contributed by atoms with van der Waals surface area (Å²) in [5, 5.41) is 38.4. The van der Waals surface area contributed by atoms with Crippen LogP contribution in [0.1, 0.15) is 128 Å². The van der Waals surface area contributed by atoms with Gasteiger partial charge in [-0.2, -0.15) is 0 Å². The second kappa shape index (κ2) is 49.7. The van der Waals surface area contributed by atoms with Crippen molar-refractivity contribution in [1.29, 1.82) is 0 Å². The molecule has 0 aliphatic carbocycles. The molecule has 3 aromatic heterocycles. The standard InChI is InChI=1S/C86H121N21O18S/c1-11-13-30-69(81(120)95-51(5)75(114)102-68(77(116)92-43-72(88)111)46-126-47-74(113)97-64(35-53-24-16-15-17-25-53)83(122)104(8)52(6)76(115)98-66(39-71(87)110)85(124)107-32-22-23-33-107)105(9)86(125)70(31-14-12-2)106(10)84(123)65(37-55-41-91-60-29-21-19-27-58(55)60)100-80(119)67(45-108)101-79(118)62(36-54-40-90-59-28-20-18-26-57(54)59)96-73(112)44-103(7)82(121)63(34-50(3)4)99-78(117)61(94-49-109)38-56-42-89-48-93-56/h15-21,24-29,40-42,48-52,61-70,90-91,108H,11-14,22-23,30-39,43-47H2,1-10H3,(H2,87,110)(H2,88,111)(H,89,93)(H,92,116)(H,94,109)(H,95,120)(H,96,112)(H,97,113)(H,98,115)(H,99,117)(H,100,119)(H,101,118)(H,102,114)/t51-,52-,61-,62-,63-,64-,65-,66-,67-,68-,69-,70-/m0/s1. The van der Waals surface area contributed by atoms with Crippen LogP contribution >= 0.6 is 11.8 Å². The van der Waals surface area contributed by atoms with Gasteiger partial charge in [-0.15, -0.1) is 11.8 Å². The zero-order valence-electron chi connectivity index (χ0n) is 72.9. The summed E-state index contributed by atoms with van der Waals surface area (Å²) < 4.78 is 0. The van der Waals surface area contributed by atoms with E-state index in [0.717, 1.165) is 39.3 Å². The molecule has 1 fully saturated rings. The summed E-state index contributed by atoms with van der Waals surface area (Å²) in [5.41, 5.74) is 14.5. The number of unbranched alkanes of at least 4 members (excludes halogenated alkanes) is 2. The molecule has 684 valence electrons. The summed E-state index contributed by atoms with van der Waals surface area (Å²) in [7, 11) is 5.40. The van der Waals surface area contributed by atoms with Gasteiger partial charge < -0.3 is 109 Å². The number of benzene rings is 3. The SMILES string of the molecule is CCCC[C@@H](C(=O)N(C)[C@@H](CCCC)C(=O)N[C@@H](C)C(=O)N[C@@H](CSCC(=O)N[C@@H](Cc1ccccc1)C(=O)N(C)[C@@H](C)C(=O)N[C@@H](CC(N)=O)C(=O)N1CCCC1)C(=O)NCC(N)=O)N(C)C(=O)[C@H](Cc1c[nH]c2ccccc12)NC(=O)[C@H](CO)NC(=O)[C@H](Cc1c[nH]c2ccccc12)NC(=O)CN(C)C(=O)[C@H](CC(C)C)NC(=O)[C@H](Cc1cnc[nH]1)NC=O. The lowest BCUT2D eigenvalue weighted by Gasteiger charge is -2.36. The van der Waals surface area contributed by atoms with Crippen molar-refractivity contribution in [3.8, 4) is 0 Å². The van der Waals surface area contributed by atoms with Gasteiger partial charge in [0, 0.05) is 119 Å². The number of carbonyl (C=O) groups is 17. The molecule has 1 aliphatic rings. The molecule has 0 bridgehead atoms. The van der Waals surface area contributed by atoms with Crippen molar-refractivity contribution in [2.75, 3.05) is 72.5 Å². The third kappa shape index (κ3) is 29.7. The molecular formula is C86H121N21O18S. The van der Waals surface area contributed by atoms with Gasteiger partial charge in [0.25, 0.3) is 0 Å². The van der Waals surface area contributed by atoms with Crippen LogP contribution in [0.15, 0.2) is 104 Å². The van der Waals surface area contributed by atoms with Gasteiger partial charge in [0.15, 0.2) is 0 Å². The second-order valence-corrected chi connectivity index (χ2v) is 33.0. The van der Waals surface area contributed by atoms with Crippen LogP contribution in [0.25, 0.3) is 21.8 Å². The number of aromatic nitrogens is 4. The number of nitrogens with one attached hydrogen (secondary N) is 13. The first-order valence-corrected chi connectivity index (χ1v) is 43.3. The lowest BCUT2D eigenvalue weighted by Crippen LogP contribution is -2.61. The third-order valence-corrected chi connectivity index (χ3v) is 22.8. The van der Waals surface area contributed by atoms with Gasteiger partial charge in [-0.3, -0.25) is 81.5 Å². The lowest BCUT2D eigenvalue weighted by atomic mass is 10.00. The highest BCUT2D eigenvalue weighted by molar-refractivity contribution is 8.00. The Hall–Kier alpha value is -12.8. The largest absolute Gasteiger partial charge is 0.394 e. The second-order valence-electron chi connectivity index (χ2n) is 32.0. The van der Waals surface area contributed by atoms with E-state index in [0.29, 0.717) is 89.4 Å². The monoisotopic (exact) mass is 1770 g/mol. The Morgan fingerprint density at radius 2 is 1.06 bits per heavy atom. The van der Waals surface area contributed by atoms with Crippen molar-refractivity contribution in [2.45, 2.75) is 204 Å². The highest BCUT2D eigenvalue weighted by Gasteiger charge is 2.41. The number of primary amides is 2. The quantitative estimate of drug-likeness (QED) is 0.0201. The number of amides is 17. The van der Waals surface area contributed by atoms with Crippen molar-refractivity contribution in [2.24, 2.45) is 17.4 Å². The first-order valence-electron chi connectivity index (χ1n) is 42.2. The normalized spacial score (nSPS) is 14.7. The van der Waals surface area contributed by atoms with Crippen LogP contribution in [0.3, 0.4) is 0 Å². The van der Waals surface area contributed by atoms with E-state index >= 15 is 9.59 Å². The lowest BCUT2D eigenvalue weighted by molar-refractivity contribution is -0.149. The van der Waals surface area contributed by atoms with Crippen molar-refractivity contribution in [3.63, 3.8) is 0 Å². The fraction of sp³-hybridized carbons (Fsp3) is 0.512. The minimum Gasteiger partial charge on any atom is -0.394 e. The minimum absolute atomic E-state index is 0.0159. The van der Waals surface area contributed by atoms with Crippen molar-refractivity contribution in [1.82, 2.24) is 97.6 Å². The molecule has 18 N–H and O–H groups in total. The fourth-order valence-corrected chi connectivity index (χ4v) is 15.5. The van der Waals surface area contributed by atoms with Gasteiger partial charge in [-0.1, -0.05) is 120 Å². The highest BCUT2D eigenvalue weighted by atomic mass is 32.2. The number of hydrogen-bond donors (Lipinski definition) is 16. The van der Waals surface area contributed by atoms with E-state index in [1.807, 2.05) is 27.7 Å². The van der Waals surface area contributed by atoms with Gasteiger partial charge in [-0.25, -0.2) is 4.98 Å². The Labute approximate surface area is 735 Å². The molecule has 6 aromatic rings. The molecular weight excluding hydrogens is 1650 g/mol. The first-order chi connectivity index (χ1) is 60.1. The summed E-state index contributed by atoms with van der Waals surface area (Å²) in [4.78, 5) is 256. The number of thioether (sulfide) groups is 1. The number of aromatic amines is 3. The first kappa shape index (κ1) is 100. The Kier molecular flexibility index (Phi) is 39.6. The van der Waals surface area contributed by atoms with Crippen molar-refractivity contribution in [3.05, 3.63) is 126 Å². The summed E-state index contributed by atoms with van der Waals surface area (Å²) in [6, 6.07) is 6.45. The maximum Gasteiger partial charge on any atom is 0.245 e. The van der Waals surface area contributed by atoms with Gasteiger partial charge in [-0.05, 0) is 80.7 Å². The van der Waals surface area contributed by atoms with Gasteiger partial charge >= 0.3 is 0 Å². The van der Waals surface area contributed by atoms with E-state index in [-0.39, 0.29) is 56.6 Å². The van der Waals surface area contributed by atoms with Crippen LogP contribution in [0.5, 0.6) is 0 Å². The van der Waals surface area contributed by atoms with Crippen LogP contribution < -0.4 is 64.6 Å². The molecule has 126 heavy (non-hydrogen) atoms. The molecule has 0 radical (unpaired) electrons. The smallest absolute Gasteiger partial charge is 0.245 e. The number of hydrogen-bond acceptors (Lipinski definition) is 20. The predicted octanol–water partition coefficient (Wildman–Crippen LogP) is -1.13. The number of imidazole rings is 1. The zero-order valence-corrected chi connectivity index (χ0v) is 73.7. The summed E-state index contributed by atoms with van der Waals surface area (Å²) in [6.45, 7) is 8.61. The van der Waals surface area contributed by atoms with Crippen LogP contribution in [0.2, 0.25) is 0 Å². The van der Waals surface area contributed by atoms with E-state index in [2.05, 4.69) is 73.1 Å². The molecule has 1 saturated heterocycles. The van der Waals surface area contributed by atoms with E-state index in [4.69, 9.17) is 11.5 Å². The van der Waals surface area contributed by atoms with Crippen molar-refractivity contribution < 1.29 is 86.6 Å². The number of aliphatic hydroxyl groups is 1. The Balaban J connectivity index is 1.05. The summed E-state index contributed by atoms with van der Waals surface area (Å²) >= 11 is 0.846. The van der Waals surface area contributed by atoms with Gasteiger partial charge in [0.2, 0.25) is 101 Å². The van der Waals surface area contributed by atoms with Crippen LogP contribution in [0, 0.1) is 5.92 Å². The molecule has 7 rings (SSSR count). The van der Waals surface area contributed by atoms with E-state index in [1.54, 1.807) is 91.3 Å². The molecule has 0 spiro atoms. The van der Waals surface area contributed by atoms with Gasteiger partial charge in [0.05, 0.1) is 38.2 Å². The Morgan fingerprint density at radius 1 is 0.532 bits per heavy atom. The van der Waals surface area contributed by atoms with Gasteiger partial charge in [0.1, 0.15) is 72.5 Å². The van der Waals surface area contributed by atoms with Crippen LogP contribution in [-0.4, -0.2) is 295 Å². The molecule has 3 aromatic carbocycles. The maximum atomic E-state index is 15.5. The Morgan fingerprint density at radius 3 is 1.64 bits per heavy atom. The number of rotatable bonds is 52. The average Bonchev–Trinajstić information content (AvgIpc) is 1.72. The number of aliphatic hydroxyl groups excluding tert-OH is 1. The molecule has 4 heterocycles. The average molecular weight is 1770 g/mol. The van der Waals surface area contributed by atoms with Crippen LogP contribution in [-0.2, 0) is 107 Å². The number of carbonyl (C=O) groups excluding carboxylic acids is 17. The molecule has 40 heteroatoms. The number of likely N-dealkylation sites (tertiary alicyclic amines) is 1. The predicted molar refractivity (Wildman–Crippen MR) is 468 cm³/mol.